The number of aliphatic imine (C=N–C) groups is 1. The summed E-state index contributed by atoms with van der Waals surface area (Å²) in [5, 5.41) is 21.4. The number of aryl methyl sites for hydroxylation is 1. The standard InChI is InChI=1S/C24H25BrN6O4S/c25-16-7-8-17-19(12-16)36-24(29-17)30-18(22(34)35)13-28-21(33)15-5-2-14(3-6-15)4-9-20(32)31-23-26-10-1-11-27-23/h2-3,5-8,12,18H,1,4,9-11,13H2,(H,28,33)(H,29,30)(H,34,35)(H2,26,27,31,32)/t18-/m0/s1. The van der Waals surface area contributed by atoms with Gasteiger partial charge in [-0.3, -0.25) is 19.9 Å². The normalized spacial score (nSPS) is 13.9. The number of anilines is 1. The molecule has 0 bridgehead atoms. The summed E-state index contributed by atoms with van der Waals surface area (Å²) in [6.07, 6.45) is 1.76. The molecule has 0 unspecified atom stereocenters. The average Bonchev–Trinajstić information content (AvgIpc) is 3.27. The number of carbonyl (C=O) groups is 3. The Hall–Kier alpha value is -3.51. The number of amides is 2. The average molecular weight is 573 g/mol. The van der Waals surface area contributed by atoms with Gasteiger partial charge in [0.25, 0.3) is 5.91 Å². The predicted molar refractivity (Wildman–Crippen MR) is 143 cm³/mol. The van der Waals surface area contributed by atoms with E-state index in [-0.39, 0.29) is 18.4 Å². The maximum Gasteiger partial charge on any atom is 0.328 e. The van der Waals surface area contributed by atoms with Gasteiger partial charge in [0.05, 0.1) is 10.2 Å². The minimum atomic E-state index is -1.10. The highest BCUT2D eigenvalue weighted by Crippen LogP contribution is 2.28. The molecule has 0 spiro atoms. The van der Waals surface area contributed by atoms with E-state index >= 15 is 0 Å². The Kier molecular flexibility index (Phi) is 8.49. The van der Waals surface area contributed by atoms with Crippen LogP contribution in [0.15, 0.2) is 51.9 Å². The van der Waals surface area contributed by atoms with Gasteiger partial charge < -0.3 is 21.1 Å². The van der Waals surface area contributed by atoms with Gasteiger partial charge in [-0.1, -0.05) is 39.4 Å². The fraction of sp³-hybridized carbons (Fsp3) is 0.292. The van der Waals surface area contributed by atoms with Crippen LogP contribution in [-0.2, 0) is 16.0 Å². The third kappa shape index (κ3) is 7.01. The van der Waals surface area contributed by atoms with Crippen molar-refractivity contribution in [2.24, 2.45) is 4.99 Å². The number of benzene rings is 2. The molecule has 36 heavy (non-hydrogen) atoms. The Balaban J connectivity index is 1.27. The number of nitrogens with one attached hydrogen (secondary N) is 4. The molecule has 2 heterocycles. The van der Waals surface area contributed by atoms with Gasteiger partial charge in [-0.05, 0) is 48.7 Å². The molecule has 2 amide bonds. The molecule has 0 aliphatic carbocycles. The monoisotopic (exact) mass is 572 g/mol. The minimum Gasteiger partial charge on any atom is -0.480 e. The van der Waals surface area contributed by atoms with Crippen molar-refractivity contribution in [2.75, 3.05) is 25.0 Å². The Bertz CT molecular complexity index is 1290. The molecule has 2 aromatic carbocycles. The quantitative estimate of drug-likeness (QED) is 0.265. The van der Waals surface area contributed by atoms with Crippen LogP contribution in [-0.4, -0.2) is 59.5 Å². The summed E-state index contributed by atoms with van der Waals surface area (Å²) in [6.45, 7) is 1.38. The number of fused-ring (bicyclic) bond motifs is 1. The van der Waals surface area contributed by atoms with Crippen LogP contribution in [0.4, 0.5) is 5.13 Å². The van der Waals surface area contributed by atoms with Crippen molar-refractivity contribution in [1.29, 1.82) is 0 Å². The number of halogens is 1. The Morgan fingerprint density at radius 1 is 1.17 bits per heavy atom. The molecule has 0 saturated carbocycles. The number of carboxylic acids is 1. The van der Waals surface area contributed by atoms with Crippen molar-refractivity contribution in [3.05, 3.63) is 58.1 Å². The fourth-order valence-corrected chi connectivity index (χ4v) is 4.97. The van der Waals surface area contributed by atoms with Gasteiger partial charge in [0.1, 0.15) is 6.04 Å². The lowest BCUT2D eigenvalue weighted by Gasteiger charge is -2.15. The van der Waals surface area contributed by atoms with Gasteiger partial charge in [0, 0.05) is 36.1 Å². The summed E-state index contributed by atoms with van der Waals surface area (Å²) in [7, 11) is 0. The Labute approximate surface area is 219 Å². The zero-order chi connectivity index (χ0) is 25.5. The van der Waals surface area contributed by atoms with Gasteiger partial charge in [-0.25, -0.2) is 9.78 Å². The minimum absolute atomic E-state index is 0.117. The summed E-state index contributed by atoms with van der Waals surface area (Å²) in [6, 6.07) is 11.5. The van der Waals surface area contributed by atoms with Crippen LogP contribution in [0.25, 0.3) is 10.2 Å². The SMILES string of the molecule is O=C(CCc1ccc(C(=O)NC[C@H](Nc2nc3ccc(Br)cc3s2)C(=O)O)cc1)NC1=NCCCN1. The Morgan fingerprint density at radius 3 is 2.69 bits per heavy atom. The van der Waals surface area contributed by atoms with Crippen molar-refractivity contribution in [3.63, 3.8) is 0 Å². The summed E-state index contributed by atoms with van der Waals surface area (Å²) < 4.78 is 1.82. The molecule has 188 valence electrons. The highest BCUT2D eigenvalue weighted by Gasteiger charge is 2.20. The van der Waals surface area contributed by atoms with E-state index in [1.54, 1.807) is 24.3 Å². The smallest absolute Gasteiger partial charge is 0.328 e. The number of aromatic nitrogens is 1. The van der Waals surface area contributed by atoms with Crippen LogP contribution in [0.5, 0.6) is 0 Å². The fourth-order valence-electron chi connectivity index (χ4n) is 3.50. The molecule has 5 N–H and O–H groups in total. The number of guanidine groups is 1. The summed E-state index contributed by atoms with van der Waals surface area (Å²) in [5.41, 5.74) is 2.07. The van der Waals surface area contributed by atoms with Crippen molar-refractivity contribution in [2.45, 2.75) is 25.3 Å². The van der Waals surface area contributed by atoms with Crippen LogP contribution >= 0.6 is 27.3 Å². The molecular weight excluding hydrogens is 548 g/mol. The number of rotatable bonds is 9. The van der Waals surface area contributed by atoms with E-state index < -0.39 is 12.0 Å². The Morgan fingerprint density at radius 2 is 1.97 bits per heavy atom. The van der Waals surface area contributed by atoms with Gasteiger partial charge in [-0.2, -0.15) is 0 Å². The van der Waals surface area contributed by atoms with Crippen LogP contribution in [0.3, 0.4) is 0 Å². The van der Waals surface area contributed by atoms with Gasteiger partial charge in [-0.15, -0.1) is 0 Å². The lowest BCUT2D eigenvalue weighted by molar-refractivity contribution is -0.137. The lowest BCUT2D eigenvalue weighted by Crippen LogP contribution is -2.43. The van der Waals surface area contributed by atoms with Crippen molar-refractivity contribution < 1.29 is 19.5 Å². The topological polar surface area (TPSA) is 145 Å². The first-order chi connectivity index (χ1) is 17.4. The van der Waals surface area contributed by atoms with E-state index in [4.69, 9.17) is 0 Å². The molecule has 0 saturated heterocycles. The van der Waals surface area contributed by atoms with E-state index in [2.05, 4.69) is 47.2 Å². The second kappa shape index (κ2) is 12.0. The van der Waals surface area contributed by atoms with E-state index in [1.807, 2.05) is 18.2 Å². The summed E-state index contributed by atoms with van der Waals surface area (Å²) in [4.78, 5) is 45.0. The molecule has 1 aliphatic heterocycles. The number of thiazole rings is 1. The molecule has 4 rings (SSSR count). The molecule has 0 radical (unpaired) electrons. The van der Waals surface area contributed by atoms with Crippen LogP contribution in [0, 0.1) is 0 Å². The van der Waals surface area contributed by atoms with E-state index in [0.29, 0.717) is 36.0 Å². The first-order valence-electron chi connectivity index (χ1n) is 11.4. The molecule has 1 atom stereocenters. The first kappa shape index (κ1) is 25.6. The highest BCUT2D eigenvalue weighted by molar-refractivity contribution is 9.10. The number of nitrogens with zero attached hydrogens (tertiary/aromatic N) is 2. The predicted octanol–water partition coefficient (Wildman–Crippen LogP) is 2.75. The van der Waals surface area contributed by atoms with E-state index in [9.17, 15) is 19.5 Å². The third-order valence-corrected chi connectivity index (χ3v) is 6.87. The van der Waals surface area contributed by atoms with Gasteiger partial charge in [0.15, 0.2) is 11.1 Å². The molecule has 3 aromatic rings. The van der Waals surface area contributed by atoms with E-state index in [1.165, 1.54) is 11.3 Å². The van der Waals surface area contributed by atoms with Crippen molar-refractivity contribution >= 4 is 66.4 Å². The van der Waals surface area contributed by atoms with Crippen LogP contribution in [0.1, 0.15) is 28.8 Å². The van der Waals surface area contributed by atoms with Crippen molar-refractivity contribution in [3.8, 4) is 0 Å². The molecule has 12 heteroatoms. The summed E-state index contributed by atoms with van der Waals surface area (Å²) in [5.74, 6) is -1.10. The molecular formula is C24H25BrN6O4S. The highest BCUT2D eigenvalue weighted by atomic mass is 79.9. The van der Waals surface area contributed by atoms with Crippen molar-refractivity contribution in [1.82, 2.24) is 20.9 Å². The molecule has 1 aliphatic rings. The maximum atomic E-state index is 12.6. The number of carboxylic acid groups (broad SMARTS) is 1. The molecule has 0 fully saturated rings. The largest absolute Gasteiger partial charge is 0.480 e. The van der Waals surface area contributed by atoms with Crippen LogP contribution in [0.2, 0.25) is 0 Å². The van der Waals surface area contributed by atoms with Gasteiger partial charge >= 0.3 is 5.97 Å². The zero-order valence-electron chi connectivity index (χ0n) is 19.2. The first-order valence-corrected chi connectivity index (χ1v) is 13.0. The van der Waals surface area contributed by atoms with Gasteiger partial charge in [0.2, 0.25) is 5.91 Å². The summed E-state index contributed by atoms with van der Waals surface area (Å²) >= 11 is 4.75. The lowest BCUT2D eigenvalue weighted by atomic mass is 10.1. The number of carbonyl (C=O) groups excluding carboxylic acids is 2. The van der Waals surface area contributed by atoms with E-state index in [0.717, 1.165) is 33.2 Å². The maximum absolute atomic E-state index is 12.6. The zero-order valence-corrected chi connectivity index (χ0v) is 21.6. The number of hydrogen-bond acceptors (Lipinski definition) is 8. The van der Waals surface area contributed by atoms with Crippen LogP contribution < -0.4 is 21.3 Å². The second-order valence-corrected chi connectivity index (χ2v) is 10.1. The number of hydrogen-bond donors (Lipinski definition) is 5. The molecule has 10 nitrogen and oxygen atoms in total. The molecule has 1 aromatic heterocycles. The third-order valence-electron chi connectivity index (χ3n) is 5.42. The number of aliphatic carboxylic acids is 1. The second-order valence-electron chi connectivity index (χ2n) is 8.13.